The zero-order valence-electron chi connectivity index (χ0n) is 18.6. The normalized spacial score (nSPS) is 10.5. The first-order valence-electron chi connectivity index (χ1n) is 10.5. The number of anilines is 5. The van der Waals surface area contributed by atoms with Crippen molar-refractivity contribution in [1.29, 1.82) is 0 Å². The molecule has 4 aromatic rings. The first kappa shape index (κ1) is 22.0. The van der Waals surface area contributed by atoms with Crippen LogP contribution in [0.3, 0.4) is 0 Å². The lowest BCUT2D eigenvalue weighted by Gasteiger charge is -2.11. The van der Waals surface area contributed by atoms with Crippen molar-refractivity contribution in [1.82, 2.24) is 9.97 Å². The smallest absolute Gasteiger partial charge is 0.255 e. The van der Waals surface area contributed by atoms with Crippen LogP contribution >= 0.6 is 0 Å². The van der Waals surface area contributed by atoms with Gasteiger partial charge in [-0.25, -0.2) is 9.37 Å². The minimum atomic E-state index is -0.406. The van der Waals surface area contributed by atoms with E-state index in [9.17, 15) is 9.18 Å². The lowest BCUT2D eigenvalue weighted by molar-refractivity contribution is 0.102. The van der Waals surface area contributed by atoms with Crippen LogP contribution in [-0.4, -0.2) is 15.9 Å². The topological polar surface area (TPSA) is 78.9 Å². The maximum absolute atomic E-state index is 13.7. The van der Waals surface area contributed by atoms with E-state index < -0.39 is 5.82 Å². The van der Waals surface area contributed by atoms with Gasteiger partial charge in [0.2, 0.25) is 5.95 Å². The molecule has 0 fully saturated rings. The van der Waals surface area contributed by atoms with Crippen molar-refractivity contribution in [3.63, 3.8) is 0 Å². The van der Waals surface area contributed by atoms with Crippen LogP contribution in [0.5, 0.6) is 0 Å². The van der Waals surface area contributed by atoms with E-state index in [-0.39, 0.29) is 11.5 Å². The molecular formula is C26H24FN5O. The van der Waals surface area contributed by atoms with Crippen LogP contribution < -0.4 is 16.0 Å². The molecule has 33 heavy (non-hydrogen) atoms. The van der Waals surface area contributed by atoms with Gasteiger partial charge in [-0.1, -0.05) is 23.8 Å². The van der Waals surface area contributed by atoms with Crippen LogP contribution in [0, 0.1) is 26.6 Å². The molecule has 1 amide bonds. The Morgan fingerprint density at radius 2 is 1.39 bits per heavy atom. The third-order valence-corrected chi connectivity index (χ3v) is 5.01. The molecule has 0 saturated carbocycles. The first-order valence-corrected chi connectivity index (χ1v) is 10.5. The molecule has 0 spiro atoms. The number of carbonyl (C=O) groups is 1. The third-order valence-electron chi connectivity index (χ3n) is 5.01. The van der Waals surface area contributed by atoms with Gasteiger partial charge in [0, 0.05) is 34.4 Å². The van der Waals surface area contributed by atoms with Gasteiger partial charge in [-0.05, 0) is 74.9 Å². The van der Waals surface area contributed by atoms with Crippen LogP contribution in [-0.2, 0) is 0 Å². The average Bonchev–Trinajstić information content (AvgIpc) is 2.78. The number of amides is 1. The Kier molecular flexibility index (Phi) is 6.31. The molecule has 0 atom stereocenters. The Morgan fingerprint density at radius 3 is 2.09 bits per heavy atom. The van der Waals surface area contributed by atoms with Crippen molar-refractivity contribution in [3.8, 4) is 0 Å². The molecule has 3 aromatic carbocycles. The van der Waals surface area contributed by atoms with Crippen LogP contribution in [0.1, 0.15) is 27.2 Å². The second kappa shape index (κ2) is 9.48. The maximum Gasteiger partial charge on any atom is 0.255 e. The molecule has 0 bridgehead atoms. The molecule has 1 heterocycles. The molecule has 0 aliphatic carbocycles. The predicted octanol–water partition coefficient (Wildman–Crippen LogP) is 6.28. The highest BCUT2D eigenvalue weighted by molar-refractivity contribution is 6.04. The Hall–Kier alpha value is -4.26. The van der Waals surface area contributed by atoms with Gasteiger partial charge >= 0.3 is 0 Å². The van der Waals surface area contributed by atoms with Gasteiger partial charge in [0.15, 0.2) is 0 Å². The molecule has 7 heteroatoms. The van der Waals surface area contributed by atoms with Gasteiger partial charge in [0.25, 0.3) is 5.91 Å². The predicted molar refractivity (Wildman–Crippen MR) is 130 cm³/mol. The summed E-state index contributed by atoms with van der Waals surface area (Å²) in [7, 11) is 0. The summed E-state index contributed by atoms with van der Waals surface area (Å²) in [5.74, 6) is 0.361. The molecule has 0 aliphatic rings. The lowest BCUT2D eigenvalue weighted by atomic mass is 10.1. The molecule has 3 N–H and O–H groups in total. The number of nitrogens with one attached hydrogen (secondary N) is 3. The van der Waals surface area contributed by atoms with Crippen molar-refractivity contribution >= 4 is 34.7 Å². The van der Waals surface area contributed by atoms with E-state index in [1.165, 1.54) is 11.6 Å². The Labute approximate surface area is 191 Å². The van der Waals surface area contributed by atoms with Crippen molar-refractivity contribution in [2.75, 3.05) is 16.0 Å². The quantitative estimate of drug-likeness (QED) is 0.328. The fourth-order valence-electron chi connectivity index (χ4n) is 3.18. The highest BCUT2D eigenvalue weighted by Crippen LogP contribution is 2.21. The molecule has 0 unspecified atom stereocenters. The van der Waals surface area contributed by atoms with Gasteiger partial charge in [0.05, 0.1) is 0 Å². The standard InChI is InChI=1S/C26H24FN5O/c1-16-4-8-20(9-5-16)29-24-14-18(3)28-26(32-24)31-22-12-10-21(11-13-22)30-25(33)19-7-6-17(2)23(27)15-19/h4-15H,1-3H3,(H,30,33)(H2,28,29,31,32). The highest BCUT2D eigenvalue weighted by Gasteiger charge is 2.09. The molecule has 0 radical (unpaired) electrons. The summed E-state index contributed by atoms with van der Waals surface area (Å²) >= 11 is 0. The number of hydrogen-bond donors (Lipinski definition) is 3. The number of aryl methyl sites for hydroxylation is 3. The lowest BCUT2D eigenvalue weighted by Crippen LogP contribution is -2.12. The first-order chi connectivity index (χ1) is 15.9. The highest BCUT2D eigenvalue weighted by atomic mass is 19.1. The van der Waals surface area contributed by atoms with E-state index >= 15 is 0 Å². The van der Waals surface area contributed by atoms with E-state index in [1.807, 2.05) is 56.3 Å². The van der Waals surface area contributed by atoms with E-state index in [0.717, 1.165) is 17.1 Å². The van der Waals surface area contributed by atoms with E-state index in [0.29, 0.717) is 23.0 Å². The number of nitrogens with zero attached hydrogens (tertiary/aromatic N) is 2. The van der Waals surface area contributed by atoms with Crippen molar-refractivity contribution in [2.45, 2.75) is 20.8 Å². The van der Waals surface area contributed by atoms with Gasteiger partial charge in [-0.2, -0.15) is 4.98 Å². The zero-order valence-corrected chi connectivity index (χ0v) is 18.6. The van der Waals surface area contributed by atoms with E-state index in [4.69, 9.17) is 0 Å². The number of hydrogen-bond acceptors (Lipinski definition) is 5. The van der Waals surface area contributed by atoms with Crippen molar-refractivity contribution in [3.05, 3.63) is 101 Å². The SMILES string of the molecule is Cc1ccc(Nc2cc(C)nc(Nc3ccc(NC(=O)c4ccc(C)c(F)c4)cc3)n2)cc1. The van der Waals surface area contributed by atoms with E-state index in [1.54, 1.807) is 31.2 Å². The molecule has 6 nitrogen and oxygen atoms in total. The molecule has 4 rings (SSSR count). The number of rotatable bonds is 6. The van der Waals surface area contributed by atoms with Gasteiger partial charge in [0.1, 0.15) is 11.6 Å². The van der Waals surface area contributed by atoms with E-state index in [2.05, 4.69) is 25.9 Å². The van der Waals surface area contributed by atoms with Crippen LogP contribution in [0.2, 0.25) is 0 Å². The summed E-state index contributed by atoms with van der Waals surface area (Å²) < 4.78 is 13.7. The molecule has 1 aromatic heterocycles. The average molecular weight is 442 g/mol. The summed E-state index contributed by atoms with van der Waals surface area (Å²) in [6.07, 6.45) is 0. The van der Waals surface area contributed by atoms with Gasteiger partial charge in [-0.15, -0.1) is 0 Å². The van der Waals surface area contributed by atoms with Crippen LogP contribution in [0.15, 0.2) is 72.8 Å². The summed E-state index contributed by atoms with van der Waals surface area (Å²) in [5, 5.41) is 9.24. The second-order valence-corrected chi connectivity index (χ2v) is 7.83. The van der Waals surface area contributed by atoms with Gasteiger partial charge in [-0.3, -0.25) is 4.79 Å². The minimum Gasteiger partial charge on any atom is -0.340 e. The number of halogens is 1. The fourth-order valence-corrected chi connectivity index (χ4v) is 3.18. The summed E-state index contributed by atoms with van der Waals surface area (Å²) in [6, 6.07) is 21.5. The summed E-state index contributed by atoms with van der Waals surface area (Å²) in [5.41, 5.74) is 5.07. The molecule has 166 valence electrons. The third kappa shape index (κ3) is 5.71. The van der Waals surface area contributed by atoms with Crippen molar-refractivity contribution in [2.24, 2.45) is 0 Å². The van der Waals surface area contributed by atoms with Crippen molar-refractivity contribution < 1.29 is 9.18 Å². The maximum atomic E-state index is 13.7. The van der Waals surface area contributed by atoms with Crippen LogP contribution in [0.4, 0.5) is 33.2 Å². The largest absolute Gasteiger partial charge is 0.340 e. The molecular weight excluding hydrogens is 417 g/mol. The Bertz CT molecular complexity index is 1290. The Balaban J connectivity index is 1.43. The summed E-state index contributed by atoms with van der Waals surface area (Å²) in [4.78, 5) is 21.4. The summed E-state index contributed by atoms with van der Waals surface area (Å²) in [6.45, 7) is 5.60. The molecule has 0 aliphatic heterocycles. The minimum absolute atomic E-state index is 0.266. The second-order valence-electron chi connectivity index (χ2n) is 7.83. The van der Waals surface area contributed by atoms with Crippen LogP contribution in [0.25, 0.3) is 0 Å². The number of aromatic nitrogens is 2. The van der Waals surface area contributed by atoms with Gasteiger partial charge < -0.3 is 16.0 Å². The number of benzene rings is 3. The fraction of sp³-hybridized carbons (Fsp3) is 0.115. The number of carbonyl (C=O) groups excluding carboxylic acids is 1. The molecule has 0 saturated heterocycles. The monoisotopic (exact) mass is 441 g/mol. The zero-order chi connectivity index (χ0) is 23.4. The Morgan fingerprint density at radius 1 is 0.758 bits per heavy atom.